The van der Waals surface area contributed by atoms with Gasteiger partial charge >= 0.3 is 0 Å². The van der Waals surface area contributed by atoms with Crippen molar-refractivity contribution in [3.8, 4) is 0 Å². The number of nitrogens with zero attached hydrogens (tertiary/aromatic N) is 1. The summed E-state index contributed by atoms with van der Waals surface area (Å²) in [4.78, 5) is 2.92. The molecule has 1 saturated heterocycles. The molecule has 82 valence electrons. The molecule has 0 radical (unpaired) electrons. The zero-order valence-corrected chi connectivity index (χ0v) is 9.54. The minimum Gasteiger partial charge on any atom is -0.392 e. The lowest BCUT2D eigenvalue weighted by Crippen LogP contribution is -2.10. The Morgan fingerprint density at radius 2 is 2.20 bits per heavy atom. The van der Waals surface area contributed by atoms with Gasteiger partial charge in [-0.1, -0.05) is 18.2 Å². The van der Waals surface area contributed by atoms with Crippen LogP contribution in [0.15, 0.2) is 29.2 Å². The van der Waals surface area contributed by atoms with E-state index in [1.165, 1.54) is 0 Å². The lowest BCUT2D eigenvalue weighted by Gasteiger charge is -2.07. The molecule has 1 fully saturated rings. The van der Waals surface area contributed by atoms with E-state index in [-0.39, 0.29) is 6.61 Å². The van der Waals surface area contributed by atoms with Crippen molar-refractivity contribution in [1.29, 1.82) is 0 Å². The standard InChI is InChI=1S/C11H15NO2S/c1-9-6-12(9)8-15(14)11-5-3-2-4-10(11)7-13/h2-5,9,13H,6-8H2,1H3/t9-,12?,15?/m0/s1. The molecule has 0 amide bonds. The second-order valence-electron chi connectivity index (χ2n) is 3.86. The molecule has 0 spiro atoms. The first-order valence-corrected chi connectivity index (χ1v) is 6.35. The molecule has 2 rings (SSSR count). The number of hydrogen-bond donors (Lipinski definition) is 1. The fourth-order valence-corrected chi connectivity index (χ4v) is 3.00. The molecule has 0 saturated carbocycles. The largest absolute Gasteiger partial charge is 0.392 e. The van der Waals surface area contributed by atoms with Crippen molar-refractivity contribution in [2.24, 2.45) is 0 Å². The molecule has 4 heteroatoms. The van der Waals surface area contributed by atoms with Crippen LogP contribution < -0.4 is 0 Å². The maximum Gasteiger partial charge on any atom is 0.0798 e. The summed E-state index contributed by atoms with van der Waals surface area (Å²) in [6.07, 6.45) is 0. The first-order chi connectivity index (χ1) is 7.22. The van der Waals surface area contributed by atoms with E-state index in [0.29, 0.717) is 11.9 Å². The van der Waals surface area contributed by atoms with Crippen LogP contribution in [0.4, 0.5) is 0 Å². The van der Waals surface area contributed by atoms with Gasteiger partial charge in [-0.25, -0.2) is 0 Å². The van der Waals surface area contributed by atoms with Crippen molar-refractivity contribution in [2.75, 3.05) is 12.4 Å². The van der Waals surface area contributed by atoms with Crippen LogP contribution >= 0.6 is 0 Å². The Hall–Kier alpha value is -0.710. The van der Waals surface area contributed by atoms with Gasteiger partial charge in [0, 0.05) is 17.5 Å². The van der Waals surface area contributed by atoms with Crippen LogP contribution in [0.1, 0.15) is 12.5 Å². The molecular weight excluding hydrogens is 210 g/mol. The molecule has 15 heavy (non-hydrogen) atoms. The number of aliphatic hydroxyl groups is 1. The van der Waals surface area contributed by atoms with Gasteiger partial charge in [0.15, 0.2) is 0 Å². The first-order valence-electron chi connectivity index (χ1n) is 5.03. The van der Waals surface area contributed by atoms with Gasteiger partial charge in [-0.3, -0.25) is 9.11 Å². The smallest absolute Gasteiger partial charge is 0.0798 e. The minimum absolute atomic E-state index is 0.0442. The maximum atomic E-state index is 12.0. The van der Waals surface area contributed by atoms with Crippen molar-refractivity contribution >= 4 is 10.8 Å². The molecular formula is C11H15NO2S. The molecule has 0 bridgehead atoms. The average molecular weight is 225 g/mol. The molecule has 1 aliphatic heterocycles. The van der Waals surface area contributed by atoms with E-state index in [0.717, 1.165) is 17.0 Å². The second-order valence-corrected chi connectivity index (χ2v) is 5.25. The zero-order chi connectivity index (χ0) is 10.8. The van der Waals surface area contributed by atoms with Gasteiger partial charge in [0.05, 0.1) is 23.3 Å². The Kier molecular flexibility index (Phi) is 3.19. The Bertz CT molecular complexity index is 381. The van der Waals surface area contributed by atoms with Crippen LogP contribution in [-0.4, -0.2) is 32.7 Å². The summed E-state index contributed by atoms with van der Waals surface area (Å²) in [5, 5.41) is 9.12. The molecule has 1 heterocycles. The van der Waals surface area contributed by atoms with Crippen molar-refractivity contribution in [3.63, 3.8) is 0 Å². The summed E-state index contributed by atoms with van der Waals surface area (Å²) in [6.45, 7) is 3.11. The number of rotatable bonds is 4. The van der Waals surface area contributed by atoms with E-state index in [1.54, 1.807) is 0 Å². The van der Waals surface area contributed by atoms with E-state index < -0.39 is 10.8 Å². The first kappa shape index (κ1) is 10.8. The maximum absolute atomic E-state index is 12.0. The SMILES string of the molecule is C[C@H]1CN1CS(=O)c1ccccc1CO. The summed E-state index contributed by atoms with van der Waals surface area (Å²) < 4.78 is 12.0. The third-order valence-corrected chi connectivity index (χ3v) is 4.11. The zero-order valence-electron chi connectivity index (χ0n) is 8.72. The van der Waals surface area contributed by atoms with E-state index in [9.17, 15) is 4.21 Å². The summed E-state index contributed by atoms with van der Waals surface area (Å²) in [7, 11) is -1.02. The van der Waals surface area contributed by atoms with Crippen LogP contribution in [-0.2, 0) is 17.4 Å². The molecule has 3 nitrogen and oxygen atoms in total. The van der Waals surface area contributed by atoms with Gasteiger partial charge < -0.3 is 5.11 Å². The van der Waals surface area contributed by atoms with Gasteiger partial charge in [0.2, 0.25) is 0 Å². The normalized spacial score (nSPS) is 26.3. The fourth-order valence-electron chi connectivity index (χ4n) is 1.55. The molecule has 1 N–H and O–H groups in total. The molecule has 1 aromatic carbocycles. The van der Waals surface area contributed by atoms with Gasteiger partial charge in [-0.15, -0.1) is 0 Å². The molecule has 0 aromatic heterocycles. The summed E-state index contributed by atoms with van der Waals surface area (Å²) in [5.41, 5.74) is 0.769. The van der Waals surface area contributed by atoms with E-state index in [2.05, 4.69) is 11.8 Å². The minimum atomic E-state index is -1.02. The third-order valence-electron chi connectivity index (χ3n) is 2.66. The monoisotopic (exact) mass is 225 g/mol. The van der Waals surface area contributed by atoms with Crippen LogP contribution in [0, 0.1) is 0 Å². The van der Waals surface area contributed by atoms with E-state index in [4.69, 9.17) is 5.11 Å². The average Bonchev–Trinajstić information content (AvgIpc) is 2.94. The second kappa shape index (κ2) is 4.43. The highest BCUT2D eigenvalue weighted by atomic mass is 32.2. The molecule has 1 aromatic rings. The summed E-state index contributed by atoms with van der Waals surface area (Å²) in [6, 6.07) is 7.93. The molecule has 2 unspecified atom stereocenters. The van der Waals surface area contributed by atoms with Gasteiger partial charge in [-0.2, -0.15) is 0 Å². The lowest BCUT2D eigenvalue weighted by atomic mass is 10.2. The van der Waals surface area contributed by atoms with Crippen molar-refractivity contribution in [1.82, 2.24) is 4.90 Å². The Morgan fingerprint density at radius 1 is 1.53 bits per heavy atom. The lowest BCUT2D eigenvalue weighted by molar-refractivity contribution is 0.278. The molecule has 3 atom stereocenters. The Morgan fingerprint density at radius 3 is 2.80 bits per heavy atom. The van der Waals surface area contributed by atoms with Crippen molar-refractivity contribution in [2.45, 2.75) is 24.5 Å². The highest BCUT2D eigenvalue weighted by Gasteiger charge is 2.30. The van der Waals surface area contributed by atoms with E-state index in [1.807, 2.05) is 24.3 Å². The molecule has 1 aliphatic rings. The summed E-state index contributed by atoms with van der Waals surface area (Å²) in [5.74, 6) is 0.582. The van der Waals surface area contributed by atoms with Crippen LogP contribution in [0.2, 0.25) is 0 Å². The quantitative estimate of drug-likeness (QED) is 0.776. The van der Waals surface area contributed by atoms with E-state index >= 15 is 0 Å². The predicted molar refractivity (Wildman–Crippen MR) is 59.8 cm³/mol. The number of aliphatic hydroxyl groups excluding tert-OH is 1. The van der Waals surface area contributed by atoms with Crippen LogP contribution in [0.5, 0.6) is 0 Å². The van der Waals surface area contributed by atoms with Crippen LogP contribution in [0.25, 0.3) is 0 Å². The Balaban J connectivity index is 2.10. The fraction of sp³-hybridized carbons (Fsp3) is 0.455. The van der Waals surface area contributed by atoms with Gasteiger partial charge in [0.1, 0.15) is 0 Å². The summed E-state index contributed by atoms with van der Waals surface area (Å²) >= 11 is 0. The highest BCUT2D eigenvalue weighted by molar-refractivity contribution is 7.85. The molecule has 0 aliphatic carbocycles. The van der Waals surface area contributed by atoms with Crippen LogP contribution in [0.3, 0.4) is 0 Å². The van der Waals surface area contributed by atoms with Gasteiger partial charge in [0.25, 0.3) is 0 Å². The van der Waals surface area contributed by atoms with Gasteiger partial charge in [-0.05, 0) is 18.6 Å². The Labute approximate surface area is 92.2 Å². The van der Waals surface area contributed by atoms with Crippen molar-refractivity contribution < 1.29 is 9.32 Å². The predicted octanol–water partition coefficient (Wildman–Crippen LogP) is 0.948. The van der Waals surface area contributed by atoms with Crippen molar-refractivity contribution in [3.05, 3.63) is 29.8 Å². The number of hydrogen-bond acceptors (Lipinski definition) is 3. The third kappa shape index (κ3) is 2.45. The topological polar surface area (TPSA) is 40.3 Å². The number of benzene rings is 1. The highest BCUT2D eigenvalue weighted by Crippen LogP contribution is 2.20.